The van der Waals surface area contributed by atoms with Crippen molar-refractivity contribution in [1.29, 1.82) is 0 Å². The van der Waals surface area contributed by atoms with Crippen LogP contribution in [0.4, 0.5) is 0 Å². The van der Waals surface area contributed by atoms with Crippen molar-refractivity contribution in [3.63, 3.8) is 0 Å². The smallest absolute Gasteiger partial charge is 0.399 e. The van der Waals surface area contributed by atoms with E-state index in [0.717, 1.165) is 10.9 Å². The predicted octanol–water partition coefficient (Wildman–Crippen LogP) is 4.27. The number of benzene rings is 2. The zero-order valence-electron chi connectivity index (χ0n) is 25.6. The maximum absolute atomic E-state index is 5.93. The highest BCUT2D eigenvalue weighted by Crippen LogP contribution is 2.37. The fraction of sp³-hybridized carbons (Fsp3) is 0.600. The van der Waals surface area contributed by atoms with Gasteiger partial charge in [0.05, 0.1) is 48.8 Å². The molecule has 9 heteroatoms. The van der Waals surface area contributed by atoms with Gasteiger partial charge in [0.25, 0.3) is 0 Å². The Kier molecular flexibility index (Phi) is 12.7. The molecule has 39 heavy (non-hydrogen) atoms. The van der Waals surface area contributed by atoms with Crippen molar-refractivity contribution in [1.82, 2.24) is 0 Å². The van der Waals surface area contributed by atoms with Crippen molar-refractivity contribution >= 4 is 25.2 Å². The monoisotopic (exact) mass is 542 g/mol. The van der Waals surface area contributed by atoms with Gasteiger partial charge < -0.3 is 32.8 Å². The van der Waals surface area contributed by atoms with Crippen LogP contribution < -0.4 is 10.9 Å². The molecule has 0 aliphatic carbocycles. The molecule has 0 atom stereocenters. The average molecular weight is 542 g/mol. The Morgan fingerprint density at radius 1 is 0.487 bits per heavy atom. The zero-order chi connectivity index (χ0) is 29.2. The van der Waals surface area contributed by atoms with Crippen LogP contribution in [0.2, 0.25) is 0 Å². The first-order valence-electron chi connectivity index (χ1n) is 13.6. The third-order valence-electron chi connectivity index (χ3n) is 7.51. The Bertz CT molecular complexity index is 843. The van der Waals surface area contributed by atoms with Crippen molar-refractivity contribution in [2.45, 2.75) is 77.8 Å². The molecule has 2 aliphatic rings. The van der Waals surface area contributed by atoms with Crippen LogP contribution in [0.25, 0.3) is 0 Å². The van der Waals surface area contributed by atoms with Crippen LogP contribution in [-0.4, -0.2) is 77.3 Å². The van der Waals surface area contributed by atoms with Gasteiger partial charge in [0.2, 0.25) is 0 Å². The lowest BCUT2D eigenvalue weighted by molar-refractivity contribution is 0.00578. The van der Waals surface area contributed by atoms with Gasteiger partial charge in [0, 0.05) is 14.2 Å². The van der Waals surface area contributed by atoms with E-state index in [0.29, 0.717) is 26.4 Å². The Morgan fingerprint density at radius 3 is 1.03 bits per heavy atom. The van der Waals surface area contributed by atoms with Gasteiger partial charge in [-0.3, -0.25) is 0 Å². The van der Waals surface area contributed by atoms with Gasteiger partial charge in [-0.05, 0) is 66.3 Å². The van der Waals surface area contributed by atoms with Crippen LogP contribution in [0, 0.1) is 0 Å². The summed E-state index contributed by atoms with van der Waals surface area (Å²) in [6.07, 6.45) is 0. The maximum atomic E-state index is 5.93. The number of hydrogen-bond acceptors (Lipinski definition) is 7. The summed E-state index contributed by atoms with van der Waals surface area (Å²) in [5.41, 5.74) is 1.13. The maximum Gasteiger partial charge on any atom is 0.494 e. The van der Waals surface area contributed by atoms with Crippen LogP contribution in [0.15, 0.2) is 60.7 Å². The summed E-state index contributed by atoms with van der Waals surface area (Å²) in [7, 11) is 2.83. The van der Waals surface area contributed by atoms with Crippen molar-refractivity contribution in [2.24, 2.45) is 0 Å². The topological polar surface area (TPSA) is 64.6 Å². The molecular formula is C30H48B2O7. The van der Waals surface area contributed by atoms with Crippen molar-refractivity contribution in [3.8, 4) is 0 Å². The lowest BCUT2D eigenvalue weighted by Gasteiger charge is -2.32. The molecule has 216 valence electrons. The van der Waals surface area contributed by atoms with Crippen LogP contribution >= 0.6 is 0 Å². The Balaban J connectivity index is 0.000000213. The molecule has 0 aromatic heterocycles. The molecule has 2 heterocycles. The summed E-state index contributed by atoms with van der Waals surface area (Å²) in [6, 6.07) is 20.1. The minimum atomic E-state index is -0.256. The highest BCUT2D eigenvalue weighted by molar-refractivity contribution is 6.62. The van der Waals surface area contributed by atoms with Gasteiger partial charge in [-0.1, -0.05) is 60.7 Å². The van der Waals surface area contributed by atoms with Gasteiger partial charge in [0.1, 0.15) is 0 Å². The molecule has 0 unspecified atom stereocenters. The second-order valence-electron chi connectivity index (χ2n) is 11.6. The van der Waals surface area contributed by atoms with Crippen LogP contribution in [0.5, 0.6) is 0 Å². The second kappa shape index (κ2) is 14.8. The minimum absolute atomic E-state index is 0.240. The lowest BCUT2D eigenvalue weighted by atomic mass is 9.79. The molecule has 0 amide bonds. The second-order valence-corrected chi connectivity index (χ2v) is 11.6. The molecular weight excluding hydrogens is 494 g/mol. The first-order chi connectivity index (χ1) is 18.3. The minimum Gasteiger partial charge on any atom is -0.399 e. The number of ether oxygens (including phenoxy) is 3. The van der Waals surface area contributed by atoms with E-state index < -0.39 is 0 Å². The van der Waals surface area contributed by atoms with E-state index in [4.69, 9.17) is 32.8 Å². The summed E-state index contributed by atoms with van der Waals surface area (Å²) in [4.78, 5) is 0. The van der Waals surface area contributed by atoms with E-state index in [1.54, 1.807) is 14.2 Å². The van der Waals surface area contributed by atoms with Crippen LogP contribution in [0.1, 0.15) is 55.4 Å². The van der Waals surface area contributed by atoms with E-state index in [1.165, 1.54) is 0 Å². The van der Waals surface area contributed by atoms with Gasteiger partial charge in [0.15, 0.2) is 0 Å². The molecule has 2 aromatic rings. The first-order valence-corrected chi connectivity index (χ1v) is 13.6. The third kappa shape index (κ3) is 9.71. The summed E-state index contributed by atoms with van der Waals surface area (Å²) in [5, 5.41) is 0. The van der Waals surface area contributed by atoms with Gasteiger partial charge in [-0.15, -0.1) is 0 Å². The Morgan fingerprint density at radius 2 is 0.769 bits per heavy atom. The van der Waals surface area contributed by atoms with E-state index in [9.17, 15) is 0 Å². The number of methoxy groups -OCH3 is 2. The molecule has 2 aliphatic heterocycles. The number of hydrogen-bond donors (Lipinski definition) is 0. The number of rotatable bonds is 8. The zero-order valence-corrected chi connectivity index (χ0v) is 25.6. The first kappa shape index (κ1) is 33.5. The standard InChI is InChI=1S/2C12H17BO2.C6H14O3/c2*1-11(2)12(3,4)15-13(14-11)10-8-6-5-7-9-10;1-7-3-5-9-6-4-8-2/h2*5-9H,1-4H3;3-6H2,1-2H3. The summed E-state index contributed by atoms with van der Waals surface area (Å²) < 4.78 is 38.3. The third-order valence-corrected chi connectivity index (χ3v) is 7.51. The molecule has 2 fully saturated rings. The molecule has 2 saturated heterocycles. The quantitative estimate of drug-likeness (QED) is 0.365. The van der Waals surface area contributed by atoms with Crippen LogP contribution in [0.3, 0.4) is 0 Å². The summed E-state index contributed by atoms with van der Waals surface area (Å²) in [6.45, 7) is 19.1. The predicted molar refractivity (Wildman–Crippen MR) is 159 cm³/mol. The van der Waals surface area contributed by atoms with Crippen molar-refractivity contribution in [3.05, 3.63) is 60.7 Å². The summed E-state index contributed by atoms with van der Waals surface area (Å²) >= 11 is 0. The van der Waals surface area contributed by atoms with Gasteiger partial charge in [-0.25, -0.2) is 0 Å². The summed E-state index contributed by atoms with van der Waals surface area (Å²) in [5.74, 6) is 0. The SMILES string of the molecule is CC1(C)OB(c2ccccc2)OC1(C)C.CC1(C)OB(c2ccccc2)OC1(C)C.COCCOCCOC. The fourth-order valence-electron chi connectivity index (χ4n) is 3.57. The van der Waals surface area contributed by atoms with E-state index >= 15 is 0 Å². The van der Waals surface area contributed by atoms with E-state index in [-0.39, 0.29) is 36.6 Å². The molecule has 2 aromatic carbocycles. The normalized spacial score (nSPS) is 20.1. The molecule has 4 rings (SSSR count). The van der Waals surface area contributed by atoms with Crippen molar-refractivity contribution in [2.75, 3.05) is 40.6 Å². The van der Waals surface area contributed by atoms with Crippen LogP contribution in [-0.2, 0) is 32.8 Å². The Labute approximate surface area is 237 Å². The molecule has 0 spiro atoms. The molecule has 0 N–H and O–H groups in total. The molecule has 7 nitrogen and oxygen atoms in total. The van der Waals surface area contributed by atoms with E-state index in [1.807, 2.05) is 60.7 Å². The van der Waals surface area contributed by atoms with E-state index in [2.05, 4.69) is 55.4 Å². The Hall–Kier alpha value is -1.71. The lowest BCUT2D eigenvalue weighted by Crippen LogP contribution is -2.41. The largest absolute Gasteiger partial charge is 0.494 e. The van der Waals surface area contributed by atoms with Gasteiger partial charge >= 0.3 is 14.2 Å². The average Bonchev–Trinajstić information content (AvgIpc) is 3.25. The molecule has 0 radical (unpaired) electrons. The highest BCUT2D eigenvalue weighted by atomic mass is 16.7. The van der Waals surface area contributed by atoms with Crippen molar-refractivity contribution < 1.29 is 32.8 Å². The van der Waals surface area contributed by atoms with Gasteiger partial charge in [-0.2, -0.15) is 0 Å². The molecule has 0 bridgehead atoms. The highest BCUT2D eigenvalue weighted by Gasteiger charge is 2.52. The molecule has 0 saturated carbocycles. The fourth-order valence-corrected chi connectivity index (χ4v) is 3.57.